The van der Waals surface area contributed by atoms with E-state index in [1.807, 2.05) is 0 Å². The third kappa shape index (κ3) is 4.81. The second-order valence-electron chi connectivity index (χ2n) is 7.67. The Bertz CT molecular complexity index is 1420. The van der Waals surface area contributed by atoms with E-state index in [4.69, 9.17) is 0 Å². The first-order chi connectivity index (χ1) is 16.7. The number of rotatable bonds is 8. The molecule has 2 N–H and O–H groups in total. The summed E-state index contributed by atoms with van der Waals surface area (Å²) in [5.41, 5.74) is 0.582. The zero-order chi connectivity index (χ0) is 25.2. The molecule has 1 atom stereocenters. The molecule has 1 aliphatic heterocycles. The van der Waals surface area contributed by atoms with Gasteiger partial charge in [-0.05, 0) is 29.8 Å². The molecule has 11 heteroatoms. The molecule has 4 rings (SSSR count). The smallest absolute Gasteiger partial charge is 0.277 e. The van der Waals surface area contributed by atoms with Crippen molar-refractivity contribution in [3.05, 3.63) is 112 Å². The predicted molar refractivity (Wildman–Crippen MR) is 127 cm³/mol. The Balaban J connectivity index is 1.81. The van der Waals surface area contributed by atoms with Crippen LogP contribution in [0.5, 0.6) is 0 Å². The Kier molecular flexibility index (Phi) is 6.45. The fraction of sp³-hybridized carbons (Fsp3) is 0.0833. The lowest BCUT2D eigenvalue weighted by Gasteiger charge is -2.21. The molecule has 35 heavy (non-hydrogen) atoms. The first-order valence-corrected chi connectivity index (χ1v) is 11.9. The van der Waals surface area contributed by atoms with Gasteiger partial charge in [-0.3, -0.25) is 24.6 Å². The van der Waals surface area contributed by atoms with E-state index in [9.17, 15) is 28.1 Å². The number of carbonyl (C=O) groups excluding carboxylic acids is 2. The fourth-order valence-corrected chi connectivity index (χ4v) is 4.82. The van der Waals surface area contributed by atoms with Gasteiger partial charge in [0.05, 0.1) is 21.4 Å². The molecule has 0 fully saturated rings. The first-order valence-electron chi connectivity index (χ1n) is 10.4. The lowest BCUT2D eigenvalue weighted by molar-refractivity contribution is -0.384. The third-order valence-corrected chi connectivity index (χ3v) is 6.86. The van der Waals surface area contributed by atoms with Crippen molar-refractivity contribution in [3.8, 4) is 0 Å². The average molecular weight is 493 g/mol. The number of amides is 2. The Hall–Kier alpha value is -4.35. The molecule has 3 aromatic carbocycles. The minimum absolute atomic E-state index is 0.0519. The molecule has 1 heterocycles. The summed E-state index contributed by atoms with van der Waals surface area (Å²) in [6, 6.07) is 20.2. The molecule has 1 aliphatic rings. The molecule has 0 bridgehead atoms. The van der Waals surface area contributed by atoms with Gasteiger partial charge in [0.1, 0.15) is 5.70 Å². The zero-order valence-electron chi connectivity index (χ0n) is 18.4. The van der Waals surface area contributed by atoms with Crippen LogP contribution in [0.1, 0.15) is 11.6 Å². The summed E-state index contributed by atoms with van der Waals surface area (Å²) >= 11 is 0. The quantitative estimate of drug-likeness (QED) is 0.280. The summed E-state index contributed by atoms with van der Waals surface area (Å²) in [5, 5.41) is 13.9. The highest BCUT2D eigenvalue weighted by atomic mass is 32.2. The Morgan fingerprint density at radius 3 is 2.00 bits per heavy atom. The van der Waals surface area contributed by atoms with E-state index in [2.05, 4.69) is 10.0 Å². The molecule has 0 saturated carbocycles. The number of nitro benzene ring substituents is 1. The highest BCUT2D eigenvalue weighted by Gasteiger charge is 2.42. The van der Waals surface area contributed by atoms with Crippen molar-refractivity contribution in [1.29, 1.82) is 0 Å². The summed E-state index contributed by atoms with van der Waals surface area (Å²) < 4.78 is 29.0. The van der Waals surface area contributed by atoms with Crippen molar-refractivity contribution in [1.82, 2.24) is 9.62 Å². The maximum absolute atomic E-state index is 13.3. The molecule has 2 amide bonds. The largest absolute Gasteiger partial charge is 0.351 e. The summed E-state index contributed by atoms with van der Waals surface area (Å²) in [4.78, 5) is 37.1. The lowest BCUT2D eigenvalue weighted by Crippen LogP contribution is -2.34. The number of anilines is 1. The third-order valence-electron chi connectivity index (χ3n) is 5.42. The van der Waals surface area contributed by atoms with Crippen molar-refractivity contribution < 1.29 is 22.9 Å². The number of sulfonamides is 1. The van der Waals surface area contributed by atoms with Crippen molar-refractivity contribution in [2.45, 2.75) is 10.9 Å². The molecule has 0 aromatic heterocycles. The number of likely N-dealkylation sites (N-methyl/N-ethyl adjacent to an activating group) is 1. The fourth-order valence-electron chi connectivity index (χ4n) is 3.63. The van der Waals surface area contributed by atoms with Crippen LogP contribution >= 0.6 is 0 Å². The minimum atomic E-state index is -4.26. The molecule has 3 aromatic rings. The molecule has 10 nitrogen and oxygen atoms in total. The highest BCUT2D eigenvalue weighted by Crippen LogP contribution is 2.33. The molecule has 0 spiro atoms. The van der Waals surface area contributed by atoms with Gasteiger partial charge in [0.2, 0.25) is 10.0 Å². The van der Waals surface area contributed by atoms with Crippen molar-refractivity contribution in [2.75, 3.05) is 12.4 Å². The van der Waals surface area contributed by atoms with Crippen molar-refractivity contribution in [3.63, 3.8) is 0 Å². The minimum Gasteiger partial charge on any atom is -0.351 e. The van der Waals surface area contributed by atoms with Crippen molar-refractivity contribution in [2.24, 2.45) is 0 Å². The number of nitrogens with zero attached hydrogens (tertiary/aromatic N) is 2. The average Bonchev–Trinajstić information content (AvgIpc) is 3.07. The molecule has 1 unspecified atom stereocenters. The molecular formula is C24H20N4O6S. The summed E-state index contributed by atoms with van der Waals surface area (Å²) in [7, 11) is -2.94. The lowest BCUT2D eigenvalue weighted by atomic mass is 9.98. The van der Waals surface area contributed by atoms with Crippen LogP contribution in [0, 0.1) is 10.1 Å². The first kappa shape index (κ1) is 23.8. The maximum Gasteiger partial charge on any atom is 0.277 e. The molecule has 178 valence electrons. The van der Waals surface area contributed by atoms with E-state index in [1.54, 1.807) is 60.7 Å². The van der Waals surface area contributed by atoms with Gasteiger partial charge in [0.15, 0.2) is 0 Å². The molecule has 0 saturated heterocycles. The van der Waals surface area contributed by atoms with Gasteiger partial charge in [0.25, 0.3) is 17.5 Å². The van der Waals surface area contributed by atoms with Crippen LogP contribution in [-0.4, -0.2) is 37.1 Å². The number of non-ortho nitro benzene ring substituents is 1. The van der Waals surface area contributed by atoms with Crippen molar-refractivity contribution >= 4 is 33.2 Å². The predicted octanol–water partition coefficient (Wildman–Crippen LogP) is 2.98. The van der Waals surface area contributed by atoms with E-state index in [0.29, 0.717) is 11.3 Å². The number of nitro groups is 1. The van der Waals surface area contributed by atoms with Gasteiger partial charge >= 0.3 is 0 Å². The van der Waals surface area contributed by atoms with Gasteiger partial charge in [-0.1, -0.05) is 48.5 Å². The van der Waals surface area contributed by atoms with Crippen LogP contribution in [0.25, 0.3) is 0 Å². The number of hydrogen-bond donors (Lipinski definition) is 2. The second kappa shape index (κ2) is 9.49. The molecule has 0 aliphatic carbocycles. The second-order valence-corrected chi connectivity index (χ2v) is 9.38. The SMILES string of the molecule is CN1C(=O)C(Nc2ccccc2)=C(C(NS(=O)(=O)c2ccc([N+](=O)[O-])cc2)c2ccccc2)C1=O. The van der Waals surface area contributed by atoms with Gasteiger partial charge in [0, 0.05) is 24.9 Å². The van der Waals surface area contributed by atoms with E-state index >= 15 is 0 Å². The number of nitrogens with one attached hydrogen (secondary N) is 2. The summed E-state index contributed by atoms with van der Waals surface area (Å²) in [6.45, 7) is 0. The standard InChI is InChI=1S/C24H20N4O6S/c1-27-23(29)20(22(24(27)30)25-17-10-6-3-7-11-17)21(16-8-4-2-5-9-16)26-35(33,34)19-14-12-18(13-15-19)28(31)32/h2-15,21,25-26H,1H3. The normalized spacial score (nSPS) is 14.8. The van der Waals surface area contributed by atoms with E-state index in [1.165, 1.54) is 7.05 Å². The maximum atomic E-state index is 13.3. The van der Waals surface area contributed by atoms with Crippen LogP contribution in [0.3, 0.4) is 0 Å². The number of benzene rings is 3. The van der Waals surface area contributed by atoms with Crippen LogP contribution in [0.2, 0.25) is 0 Å². The van der Waals surface area contributed by atoms with Crippen LogP contribution in [0.15, 0.2) is 101 Å². The van der Waals surface area contributed by atoms with Gasteiger partial charge < -0.3 is 5.32 Å². The molecule has 0 radical (unpaired) electrons. The van der Waals surface area contributed by atoms with E-state index in [-0.39, 0.29) is 21.9 Å². The van der Waals surface area contributed by atoms with Crippen LogP contribution in [0.4, 0.5) is 11.4 Å². The monoisotopic (exact) mass is 492 g/mol. The number of para-hydroxylation sites is 1. The Labute approximate surface area is 201 Å². The van der Waals surface area contributed by atoms with Crippen LogP contribution < -0.4 is 10.0 Å². The summed E-state index contributed by atoms with van der Waals surface area (Å²) in [6.07, 6.45) is 0. The molecular weight excluding hydrogens is 472 g/mol. The number of imide groups is 1. The Morgan fingerprint density at radius 1 is 0.857 bits per heavy atom. The number of hydrogen-bond acceptors (Lipinski definition) is 7. The number of carbonyl (C=O) groups is 2. The van der Waals surface area contributed by atoms with Gasteiger partial charge in [-0.15, -0.1) is 0 Å². The van der Waals surface area contributed by atoms with Gasteiger partial charge in [-0.2, -0.15) is 4.72 Å². The topological polar surface area (TPSA) is 139 Å². The van der Waals surface area contributed by atoms with Gasteiger partial charge in [-0.25, -0.2) is 8.42 Å². The zero-order valence-corrected chi connectivity index (χ0v) is 19.2. The summed E-state index contributed by atoms with van der Waals surface area (Å²) in [5.74, 6) is -1.27. The van der Waals surface area contributed by atoms with E-state index < -0.39 is 32.8 Å². The Morgan fingerprint density at radius 2 is 1.43 bits per heavy atom. The van der Waals surface area contributed by atoms with Crippen LogP contribution in [-0.2, 0) is 19.6 Å². The highest BCUT2D eigenvalue weighted by molar-refractivity contribution is 7.89. The van der Waals surface area contributed by atoms with E-state index in [0.717, 1.165) is 29.2 Å².